The molecule has 6 nitrogen and oxygen atoms in total. The minimum absolute atomic E-state index is 0.136. The zero-order chi connectivity index (χ0) is 15.3. The molecule has 0 bridgehead atoms. The van der Waals surface area contributed by atoms with Gasteiger partial charge < -0.3 is 10.6 Å². The Kier molecular flexibility index (Phi) is 5.33. The van der Waals surface area contributed by atoms with E-state index in [0.717, 1.165) is 19.3 Å². The molecule has 0 saturated carbocycles. The Balaban J connectivity index is 2.02. The summed E-state index contributed by atoms with van der Waals surface area (Å²) in [5, 5.41) is 0. The number of carbonyl (C=O) groups is 1. The van der Waals surface area contributed by atoms with Gasteiger partial charge in [0.1, 0.15) is 0 Å². The van der Waals surface area contributed by atoms with Crippen LogP contribution in [0.1, 0.15) is 24.8 Å². The second kappa shape index (κ2) is 7.02. The fourth-order valence-corrected chi connectivity index (χ4v) is 3.65. The third-order valence-corrected chi connectivity index (χ3v) is 5.11. The Morgan fingerprint density at radius 3 is 2.52 bits per heavy atom. The Morgan fingerprint density at radius 1 is 1.19 bits per heavy atom. The van der Waals surface area contributed by atoms with Gasteiger partial charge in [0.15, 0.2) is 0 Å². The van der Waals surface area contributed by atoms with E-state index in [0.29, 0.717) is 18.7 Å². The number of rotatable bonds is 5. The highest BCUT2D eigenvalue weighted by atomic mass is 32.2. The molecule has 7 heteroatoms. The molecule has 0 aliphatic carbocycles. The maximum absolute atomic E-state index is 12.3. The van der Waals surface area contributed by atoms with Crippen molar-refractivity contribution in [2.75, 3.05) is 19.6 Å². The van der Waals surface area contributed by atoms with Gasteiger partial charge in [-0.3, -0.25) is 4.79 Å². The largest absolute Gasteiger partial charge is 0.342 e. The first-order chi connectivity index (χ1) is 10.0. The Hall–Kier alpha value is -1.44. The smallest absolute Gasteiger partial charge is 0.241 e. The molecule has 1 heterocycles. The van der Waals surface area contributed by atoms with Crippen LogP contribution in [0.25, 0.3) is 0 Å². The van der Waals surface area contributed by atoms with Crippen LogP contribution in [0, 0.1) is 0 Å². The molecular weight excluding hydrogens is 290 g/mol. The van der Waals surface area contributed by atoms with Crippen molar-refractivity contribution >= 4 is 15.9 Å². The highest BCUT2D eigenvalue weighted by Crippen LogP contribution is 2.14. The second-order valence-electron chi connectivity index (χ2n) is 5.08. The number of nitrogens with zero attached hydrogens (tertiary/aromatic N) is 1. The minimum atomic E-state index is -3.71. The molecule has 0 atom stereocenters. The number of sulfonamides is 1. The van der Waals surface area contributed by atoms with E-state index < -0.39 is 10.0 Å². The third-order valence-electron chi connectivity index (χ3n) is 3.60. The van der Waals surface area contributed by atoms with Crippen molar-refractivity contribution in [2.24, 2.45) is 5.73 Å². The summed E-state index contributed by atoms with van der Waals surface area (Å²) in [5.74, 6) is -0.177. The number of piperidine rings is 1. The normalized spacial score (nSPS) is 16.0. The summed E-state index contributed by atoms with van der Waals surface area (Å²) in [6.07, 6.45) is 3.09. The number of likely N-dealkylation sites (tertiary alicyclic amines) is 1. The Labute approximate surface area is 125 Å². The molecule has 3 N–H and O–H groups in total. The average molecular weight is 311 g/mol. The lowest BCUT2D eigenvalue weighted by atomic mass is 10.1. The van der Waals surface area contributed by atoms with Gasteiger partial charge in [0, 0.05) is 19.6 Å². The number of nitrogens with one attached hydrogen (secondary N) is 1. The van der Waals surface area contributed by atoms with E-state index in [-0.39, 0.29) is 23.9 Å². The van der Waals surface area contributed by atoms with E-state index in [1.165, 1.54) is 6.07 Å². The Morgan fingerprint density at radius 2 is 1.86 bits per heavy atom. The van der Waals surface area contributed by atoms with Crippen LogP contribution in [-0.4, -0.2) is 38.9 Å². The van der Waals surface area contributed by atoms with Crippen molar-refractivity contribution in [1.29, 1.82) is 0 Å². The minimum Gasteiger partial charge on any atom is -0.342 e. The van der Waals surface area contributed by atoms with Crippen molar-refractivity contribution in [1.82, 2.24) is 9.62 Å². The molecule has 1 aliphatic heterocycles. The van der Waals surface area contributed by atoms with E-state index in [2.05, 4.69) is 4.72 Å². The van der Waals surface area contributed by atoms with E-state index >= 15 is 0 Å². The van der Waals surface area contributed by atoms with Gasteiger partial charge in [-0.15, -0.1) is 0 Å². The van der Waals surface area contributed by atoms with Crippen molar-refractivity contribution in [3.05, 3.63) is 29.8 Å². The first kappa shape index (κ1) is 15.9. The lowest BCUT2D eigenvalue weighted by molar-refractivity contribution is -0.130. The maximum atomic E-state index is 12.3. The van der Waals surface area contributed by atoms with Crippen LogP contribution in [-0.2, 0) is 21.4 Å². The van der Waals surface area contributed by atoms with Crippen molar-refractivity contribution < 1.29 is 13.2 Å². The fourth-order valence-electron chi connectivity index (χ4n) is 2.42. The van der Waals surface area contributed by atoms with Crippen LogP contribution in [0.3, 0.4) is 0 Å². The van der Waals surface area contributed by atoms with E-state index in [9.17, 15) is 13.2 Å². The van der Waals surface area contributed by atoms with Crippen LogP contribution in [0.5, 0.6) is 0 Å². The molecular formula is C14H21N3O3S. The lowest BCUT2D eigenvalue weighted by Crippen LogP contribution is -2.42. The number of nitrogens with two attached hydrogens (primary N) is 1. The Bertz CT molecular complexity index is 595. The first-order valence-electron chi connectivity index (χ1n) is 7.10. The molecule has 2 rings (SSSR count). The van der Waals surface area contributed by atoms with Gasteiger partial charge in [-0.25, -0.2) is 13.1 Å². The van der Waals surface area contributed by atoms with E-state index in [1.54, 1.807) is 23.1 Å². The van der Waals surface area contributed by atoms with Gasteiger partial charge in [0.2, 0.25) is 15.9 Å². The zero-order valence-electron chi connectivity index (χ0n) is 11.9. The van der Waals surface area contributed by atoms with Gasteiger partial charge in [0.05, 0.1) is 11.4 Å². The van der Waals surface area contributed by atoms with E-state index in [1.807, 2.05) is 0 Å². The molecule has 1 fully saturated rings. The number of amides is 1. The summed E-state index contributed by atoms with van der Waals surface area (Å²) < 4.78 is 26.9. The standard InChI is InChI=1S/C14H21N3O3S/c15-10-12-6-2-3-7-13(12)21(19,20)16-11-14(18)17-8-4-1-5-9-17/h2-3,6-7,16H,1,4-5,8-11,15H2. The lowest BCUT2D eigenvalue weighted by Gasteiger charge is -2.26. The zero-order valence-corrected chi connectivity index (χ0v) is 12.7. The molecule has 0 aromatic heterocycles. The highest BCUT2D eigenvalue weighted by molar-refractivity contribution is 7.89. The third kappa shape index (κ3) is 4.03. The maximum Gasteiger partial charge on any atom is 0.241 e. The van der Waals surface area contributed by atoms with Crippen LogP contribution >= 0.6 is 0 Å². The van der Waals surface area contributed by atoms with E-state index in [4.69, 9.17) is 5.73 Å². The number of carbonyl (C=O) groups excluding carboxylic acids is 1. The summed E-state index contributed by atoms with van der Waals surface area (Å²) in [5.41, 5.74) is 6.09. The molecule has 1 aliphatic rings. The molecule has 1 aromatic rings. The molecule has 0 radical (unpaired) electrons. The second-order valence-corrected chi connectivity index (χ2v) is 6.81. The van der Waals surface area contributed by atoms with Gasteiger partial charge in [0.25, 0.3) is 0 Å². The van der Waals surface area contributed by atoms with Gasteiger partial charge in [-0.05, 0) is 30.9 Å². The van der Waals surface area contributed by atoms with Gasteiger partial charge in [-0.1, -0.05) is 18.2 Å². The van der Waals surface area contributed by atoms with Gasteiger partial charge >= 0.3 is 0 Å². The van der Waals surface area contributed by atoms with Crippen molar-refractivity contribution in [2.45, 2.75) is 30.7 Å². The SMILES string of the molecule is NCc1ccccc1S(=O)(=O)NCC(=O)N1CCCCC1. The van der Waals surface area contributed by atoms with Crippen molar-refractivity contribution in [3.8, 4) is 0 Å². The predicted octanol–water partition coefficient (Wildman–Crippen LogP) is 0.436. The van der Waals surface area contributed by atoms with Crippen LogP contribution in [0.15, 0.2) is 29.2 Å². The topological polar surface area (TPSA) is 92.5 Å². The highest BCUT2D eigenvalue weighted by Gasteiger charge is 2.21. The predicted molar refractivity (Wildman–Crippen MR) is 80.0 cm³/mol. The summed E-state index contributed by atoms with van der Waals surface area (Å²) in [6.45, 7) is 1.35. The summed E-state index contributed by atoms with van der Waals surface area (Å²) in [7, 11) is -3.71. The van der Waals surface area contributed by atoms with Crippen molar-refractivity contribution in [3.63, 3.8) is 0 Å². The van der Waals surface area contributed by atoms with Crippen LogP contribution in [0.4, 0.5) is 0 Å². The average Bonchev–Trinajstić information content (AvgIpc) is 2.53. The van der Waals surface area contributed by atoms with Crippen LogP contribution < -0.4 is 10.5 Å². The summed E-state index contributed by atoms with van der Waals surface area (Å²) in [4.78, 5) is 13.9. The fraction of sp³-hybridized carbons (Fsp3) is 0.500. The summed E-state index contributed by atoms with van der Waals surface area (Å²) in [6, 6.07) is 6.54. The van der Waals surface area contributed by atoms with Crippen LogP contribution in [0.2, 0.25) is 0 Å². The molecule has 1 aromatic carbocycles. The molecule has 116 valence electrons. The molecule has 21 heavy (non-hydrogen) atoms. The molecule has 0 unspecified atom stereocenters. The molecule has 1 amide bonds. The summed E-state index contributed by atoms with van der Waals surface area (Å²) >= 11 is 0. The molecule has 1 saturated heterocycles. The number of hydrogen-bond acceptors (Lipinski definition) is 4. The monoisotopic (exact) mass is 311 g/mol. The molecule has 0 spiro atoms. The number of benzene rings is 1. The quantitative estimate of drug-likeness (QED) is 0.825. The first-order valence-corrected chi connectivity index (χ1v) is 8.58. The number of hydrogen-bond donors (Lipinski definition) is 2. The van der Waals surface area contributed by atoms with Gasteiger partial charge in [-0.2, -0.15) is 0 Å².